The Kier molecular flexibility index (Phi) is 3.91. The smallest absolute Gasteiger partial charge is 0.0697 e. The number of anilines is 1. The zero-order valence-electron chi connectivity index (χ0n) is 6.22. The van der Waals surface area contributed by atoms with Gasteiger partial charge in [0.1, 0.15) is 0 Å². The second-order valence-electron chi connectivity index (χ2n) is 2.25. The molecule has 0 aliphatic rings. The Morgan fingerprint density at radius 3 is 2.09 bits per heavy atom. The molecule has 0 N–H and O–H groups in total. The molecule has 0 aliphatic heterocycles. The fraction of sp³-hybridized carbons (Fsp3) is 0.250. The molecule has 11 heavy (non-hydrogen) atoms. The molecule has 0 fully saturated rings. The number of nitrogens with zero attached hydrogens (tertiary/aromatic N) is 1. The molecule has 0 atom stereocenters. The van der Waals surface area contributed by atoms with Crippen LogP contribution in [0.1, 0.15) is 12.5 Å². The number of hydrogen-bond donors (Lipinski definition) is 0. The molecule has 0 radical (unpaired) electrons. The van der Waals surface area contributed by atoms with Crippen LogP contribution in [0.3, 0.4) is 0 Å². The van der Waals surface area contributed by atoms with Gasteiger partial charge in [-0.15, -0.1) is 0 Å². The highest BCUT2D eigenvalue weighted by atomic mass is 127. The van der Waals surface area contributed by atoms with Crippen LogP contribution in [0.4, 0.5) is 5.69 Å². The van der Waals surface area contributed by atoms with Crippen molar-refractivity contribution >= 4 is 51.4 Å². The lowest BCUT2D eigenvalue weighted by molar-refractivity contribution is 1.14. The molecule has 3 heteroatoms. The summed E-state index contributed by atoms with van der Waals surface area (Å²) in [4.78, 5) is 0. The van der Waals surface area contributed by atoms with E-state index in [4.69, 9.17) is 0 Å². The van der Waals surface area contributed by atoms with E-state index in [1.165, 1.54) is 11.3 Å². The van der Waals surface area contributed by atoms with Gasteiger partial charge < -0.3 is 0 Å². The topological polar surface area (TPSA) is 3.24 Å². The Morgan fingerprint density at radius 2 is 1.73 bits per heavy atom. The predicted molar refractivity (Wildman–Crippen MR) is 66.3 cm³/mol. The average molecular weight is 373 g/mol. The predicted octanol–water partition coefficient (Wildman–Crippen LogP) is 3.76. The van der Waals surface area contributed by atoms with E-state index in [1.807, 2.05) is 0 Å². The first-order chi connectivity index (χ1) is 5.24. The van der Waals surface area contributed by atoms with Gasteiger partial charge in [-0.1, -0.05) is 19.1 Å². The van der Waals surface area contributed by atoms with Crippen LogP contribution >= 0.6 is 45.7 Å². The molecule has 0 aromatic heterocycles. The van der Waals surface area contributed by atoms with Crippen molar-refractivity contribution in [1.29, 1.82) is 0 Å². The van der Waals surface area contributed by atoms with Crippen LogP contribution in [-0.2, 0) is 6.42 Å². The maximum absolute atomic E-state index is 2.25. The van der Waals surface area contributed by atoms with Crippen molar-refractivity contribution in [1.82, 2.24) is 0 Å². The number of benzene rings is 1. The van der Waals surface area contributed by atoms with Gasteiger partial charge in [0, 0.05) is 0 Å². The molecule has 60 valence electrons. The van der Waals surface area contributed by atoms with E-state index in [9.17, 15) is 0 Å². The highest BCUT2D eigenvalue weighted by molar-refractivity contribution is 14.2. The molecule has 1 rings (SSSR count). The third-order valence-electron chi connectivity index (χ3n) is 1.54. The second-order valence-corrected chi connectivity index (χ2v) is 6.03. The molecule has 0 spiro atoms. The third kappa shape index (κ3) is 2.77. The normalized spacial score (nSPS) is 9.73. The molecule has 0 saturated carbocycles. The zero-order chi connectivity index (χ0) is 8.27. The Bertz CT molecular complexity index is 218. The molecule has 0 saturated heterocycles. The monoisotopic (exact) mass is 373 g/mol. The van der Waals surface area contributed by atoms with Crippen molar-refractivity contribution in [2.45, 2.75) is 13.3 Å². The summed E-state index contributed by atoms with van der Waals surface area (Å²) < 4.78 is 2.05. The minimum atomic E-state index is 1.11. The first-order valence-electron chi connectivity index (χ1n) is 3.44. The molecule has 0 bridgehead atoms. The molecular formula is C8H9I2N. The van der Waals surface area contributed by atoms with Crippen molar-refractivity contribution in [2.24, 2.45) is 0 Å². The first kappa shape index (κ1) is 9.57. The molecule has 0 heterocycles. The molecule has 0 unspecified atom stereocenters. The highest BCUT2D eigenvalue weighted by Crippen LogP contribution is 2.22. The number of rotatable bonds is 2. The molecule has 0 aliphatic carbocycles. The summed E-state index contributed by atoms with van der Waals surface area (Å²) >= 11 is 4.50. The van der Waals surface area contributed by atoms with Gasteiger partial charge in [-0.25, -0.2) is 0 Å². The SMILES string of the molecule is CCc1ccc(N(I)I)cc1. The van der Waals surface area contributed by atoms with Gasteiger partial charge in [-0.05, 0) is 24.1 Å². The summed E-state index contributed by atoms with van der Waals surface area (Å²) in [6.07, 6.45) is 1.11. The Balaban J connectivity index is 2.83. The van der Waals surface area contributed by atoms with Gasteiger partial charge in [-0.3, -0.25) is 1.33 Å². The maximum atomic E-state index is 2.25. The van der Waals surface area contributed by atoms with Gasteiger partial charge in [0.2, 0.25) is 0 Å². The van der Waals surface area contributed by atoms with E-state index in [1.54, 1.807) is 0 Å². The minimum Gasteiger partial charge on any atom is -0.255 e. The Labute approximate surface area is 95.2 Å². The minimum absolute atomic E-state index is 1.11. The van der Waals surface area contributed by atoms with Crippen LogP contribution < -0.4 is 1.33 Å². The van der Waals surface area contributed by atoms with Crippen LogP contribution in [0, 0.1) is 0 Å². The van der Waals surface area contributed by atoms with Crippen LogP contribution in [0.15, 0.2) is 24.3 Å². The van der Waals surface area contributed by atoms with Crippen LogP contribution in [0.25, 0.3) is 0 Å². The molecular weight excluding hydrogens is 364 g/mol. The van der Waals surface area contributed by atoms with E-state index in [0.717, 1.165) is 6.42 Å². The first-order valence-corrected chi connectivity index (χ1v) is 5.37. The zero-order valence-corrected chi connectivity index (χ0v) is 10.5. The van der Waals surface area contributed by atoms with Gasteiger partial charge >= 0.3 is 0 Å². The van der Waals surface area contributed by atoms with Crippen molar-refractivity contribution in [3.63, 3.8) is 0 Å². The van der Waals surface area contributed by atoms with Crippen molar-refractivity contribution < 1.29 is 0 Å². The summed E-state index contributed by atoms with van der Waals surface area (Å²) in [5.41, 5.74) is 2.63. The van der Waals surface area contributed by atoms with Crippen molar-refractivity contribution in [3.8, 4) is 0 Å². The lowest BCUT2D eigenvalue weighted by Gasteiger charge is -2.06. The highest BCUT2D eigenvalue weighted by Gasteiger charge is 1.95. The Hall–Kier alpha value is 0.480. The van der Waals surface area contributed by atoms with E-state index >= 15 is 0 Å². The summed E-state index contributed by atoms with van der Waals surface area (Å²) in [6, 6.07) is 8.61. The number of aryl methyl sites for hydroxylation is 1. The largest absolute Gasteiger partial charge is 0.255 e. The van der Waals surface area contributed by atoms with Crippen LogP contribution in [0.5, 0.6) is 0 Å². The van der Waals surface area contributed by atoms with Crippen LogP contribution in [0.2, 0.25) is 0 Å². The van der Waals surface area contributed by atoms with Crippen LogP contribution in [-0.4, -0.2) is 0 Å². The van der Waals surface area contributed by atoms with E-state index < -0.39 is 0 Å². The number of hydrogen-bond acceptors (Lipinski definition) is 1. The summed E-state index contributed by atoms with van der Waals surface area (Å²) in [6.45, 7) is 2.17. The molecule has 1 aromatic carbocycles. The quantitative estimate of drug-likeness (QED) is 0.564. The van der Waals surface area contributed by atoms with Crippen molar-refractivity contribution in [2.75, 3.05) is 1.33 Å². The molecule has 1 aromatic rings. The average Bonchev–Trinajstić information content (AvgIpc) is 2.05. The van der Waals surface area contributed by atoms with Crippen molar-refractivity contribution in [3.05, 3.63) is 29.8 Å². The standard InChI is InChI=1S/C8H9I2N/c1-2-7-3-5-8(6-4-7)11(9)10/h3-6H,2H2,1H3. The fourth-order valence-corrected chi connectivity index (χ4v) is 1.49. The lowest BCUT2D eigenvalue weighted by atomic mass is 10.2. The molecule has 0 amide bonds. The summed E-state index contributed by atoms with van der Waals surface area (Å²) in [7, 11) is 0. The fourth-order valence-electron chi connectivity index (χ4n) is 0.844. The lowest BCUT2D eigenvalue weighted by Crippen LogP contribution is -1.89. The van der Waals surface area contributed by atoms with Gasteiger partial charge in [0.15, 0.2) is 0 Å². The summed E-state index contributed by atoms with van der Waals surface area (Å²) in [5.74, 6) is 0. The second kappa shape index (κ2) is 4.49. The van der Waals surface area contributed by atoms with E-state index in [-0.39, 0.29) is 0 Å². The van der Waals surface area contributed by atoms with E-state index in [2.05, 4.69) is 78.2 Å². The third-order valence-corrected chi connectivity index (χ3v) is 2.65. The summed E-state index contributed by atoms with van der Waals surface area (Å²) in [5, 5.41) is 0. The van der Waals surface area contributed by atoms with Gasteiger partial charge in [0.25, 0.3) is 0 Å². The maximum Gasteiger partial charge on any atom is 0.0697 e. The van der Waals surface area contributed by atoms with E-state index in [0.29, 0.717) is 0 Å². The van der Waals surface area contributed by atoms with Gasteiger partial charge in [-0.2, -0.15) is 0 Å². The van der Waals surface area contributed by atoms with Gasteiger partial charge in [0.05, 0.1) is 51.4 Å². The number of halogens is 2. The Morgan fingerprint density at radius 1 is 1.18 bits per heavy atom. The molecule has 1 nitrogen and oxygen atoms in total.